The van der Waals surface area contributed by atoms with Crippen molar-refractivity contribution in [2.75, 3.05) is 26.4 Å². The Morgan fingerprint density at radius 2 is 0.683 bits per heavy atom. The third kappa shape index (κ3) is 7.53. The molecule has 0 heterocycles. The summed E-state index contributed by atoms with van der Waals surface area (Å²) in [6.45, 7) is 11.3. The second-order valence-electron chi connectivity index (χ2n) is 16.4. The van der Waals surface area contributed by atoms with Crippen LogP contribution >= 0.6 is 0 Å². The highest BCUT2D eigenvalue weighted by Gasteiger charge is 2.25. The van der Waals surface area contributed by atoms with Crippen LogP contribution in [0.3, 0.4) is 0 Å². The number of ether oxygens (including phenoxy) is 4. The molecule has 9 rings (SSSR count). The molecule has 8 aromatic carbocycles. The number of hydrogen-bond acceptors (Lipinski definition) is 4. The second-order valence-corrected chi connectivity index (χ2v) is 16.4. The molecule has 0 saturated carbocycles. The first-order valence-electron chi connectivity index (χ1n) is 22.2. The van der Waals surface area contributed by atoms with E-state index < -0.39 is 0 Å². The van der Waals surface area contributed by atoms with Crippen LogP contribution in [0, 0.1) is 0 Å². The number of benzene rings is 8. The number of para-hydroxylation sites is 2. The van der Waals surface area contributed by atoms with Gasteiger partial charge in [0.1, 0.15) is 23.0 Å². The van der Waals surface area contributed by atoms with Crippen LogP contribution in [-0.2, 0) is 25.7 Å². The molecule has 0 aliphatic heterocycles. The predicted octanol–water partition coefficient (Wildman–Crippen LogP) is 14.1. The van der Waals surface area contributed by atoms with Gasteiger partial charge in [-0.3, -0.25) is 0 Å². The van der Waals surface area contributed by atoms with Crippen molar-refractivity contribution in [1.82, 2.24) is 0 Å². The van der Waals surface area contributed by atoms with Gasteiger partial charge in [0.05, 0.1) is 26.4 Å². The summed E-state index contributed by atoms with van der Waals surface area (Å²) < 4.78 is 27.7. The lowest BCUT2D eigenvalue weighted by Crippen LogP contribution is -2.10. The van der Waals surface area contributed by atoms with E-state index in [-0.39, 0.29) is 0 Å². The first-order valence-corrected chi connectivity index (χ1v) is 22.2. The third-order valence-corrected chi connectivity index (χ3v) is 12.0. The van der Waals surface area contributed by atoms with E-state index in [2.05, 4.69) is 149 Å². The minimum Gasteiger partial charge on any atom is -0.493 e. The van der Waals surface area contributed by atoms with Crippen molar-refractivity contribution in [1.29, 1.82) is 0 Å². The van der Waals surface area contributed by atoms with Crippen molar-refractivity contribution in [2.24, 2.45) is 0 Å². The van der Waals surface area contributed by atoms with E-state index in [4.69, 9.17) is 18.9 Å². The van der Waals surface area contributed by atoms with Crippen LogP contribution < -0.4 is 18.9 Å². The normalized spacial score (nSPS) is 12.6. The smallest absolute Gasteiger partial charge is 0.127 e. The summed E-state index contributed by atoms with van der Waals surface area (Å²) in [7, 11) is 0. The molecular formula is C56H56O4. The summed E-state index contributed by atoms with van der Waals surface area (Å²) >= 11 is 0. The van der Waals surface area contributed by atoms with Gasteiger partial charge < -0.3 is 18.9 Å². The Labute approximate surface area is 355 Å². The van der Waals surface area contributed by atoms with Gasteiger partial charge in [-0.2, -0.15) is 0 Å². The Balaban J connectivity index is 1.39. The maximum atomic E-state index is 6.98. The third-order valence-electron chi connectivity index (χ3n) is 12.0. The van der Waals surface area contributed by atoms with Gasteiger partial charge in [-0.1, -0.05) is 137 Å². The minimum atomic E-state index is 0.630. The molecule has 304 valence electrons. The average Bonchev–Trinajstić information content (AvgIpc) is 3.27. The van der Waals surface area contributed by atoms with E-state index in [9.17, 15) is 0 Å². The largest absolute Gasteiger partial charge is 0.493 e. The Bertz CT molecular complexity index is 2640. The van der Waals surface area contributed by atoms with Crippen LogP contribution in [0.5, 0.6) is 23.0 Å². The Kier molecular flexibility index (Phi) is 11.6. The Hall–Kier alpha value is -6.00. The summed E-state index contributed by atoms with van der Waals surface area (Å²) in [6.07, 6.45) is 6.33. The van der Waals surface area contributed by atoms with Gasteiger partial charge in [0.2, 0.25) is 0 Å². The molecule has 4 nitrogen and oxygen atoms in total. The number of rotatable bonds is 12. The summed E-state index contributed by atoms with van der Waals surface area (Å²) in [5.74, 6) is 3.89. The fraction of sp³-hybridized carbons (Fsp3) is 0.286. The summed E-state index contributed by atoms with van der Waals surface area (Å²) in [5, 5.41) is 9.85. The van der Waals surface area contributed by atoms with Gasteiger partial charge in [0.15, 0.2) is 0 Å². The molecular weight excluding hydrogens is 737 g/mol. The van der Waals surface area contributed by atoms with E-state index in [1.807, 2.05) is 0 Å². The maximum Gasteiger partial charge on any atom is 0.127 e. The lowest BCUT2D eigenvalue weighted by atomic mass is 9.86. The summed E-state index contributed by atoms with van der Waals surface area (Å²) in [5.41, 5.74) is 9.41. The van der Waals surface area contributed by atoms with Crippen molar-refractivity contribution < 1.29 is 18.9 Å². The molecule has 60 heavy (non-hydrogen) atoms. The summed E-state index contributed by atoms with van der Waals surface area (Å²) in [4.78, 5) is 0. The quantitative estimate of drug-likeness (QED) is 0.115. The zero-order chi connectivity index (χ0) is 41.0. The Morgan fingerprint density at radius 1 is 0.333 bits per heavy atom. The maximum absolute atomic E-state index is 6.98. The fourth-order valence-electron chi connectivity index (χ4n) is 9.38. The van der Waals surface area contributed by atoms with Crippen molar-refractivity contribution >= 4 is 43.1 Å². The molecule has 8 bridgehead atoms. The van der Waals surface area contributed by atoms with Crippen LogP contribution in [0.2, 0.25) is 0 Å². The first-order chi connectivity index (χ1) is 29.6. The van der Waals surface area contributed by atoms with Crippen LogP contribution in [-0.4, -0.2) is 26.4 Å². The minimum absolute atomic E-state index is 0.630. The molecule has 0 unspecified atom stereocenters. The Morgan fingerprint density at radius 3 is 1.08 bits per heavy atom. The molecule has 0 amide bonds. The lowest BCUT2D eigenvalue weighted by Gasteiger charge is -2.25. The molecule has 0 spiro atoms. The van der Waals surface area contributed by atoms with Crippen LogP contribution in [0.25, 0.3) is 43.1 Å². The highest BCUT2D eigenvalue weighted by Crippen LogP contribution is 2.45. The second kappa shape index (κ2) is 17.7. The van der Waals surface area contributed by atoms with Gasteiger partial charge in [0.25, 0.3) is 0 Å². The van der Waals surface area contributed by atoms with Gasteiger partial charge in [-0.15, -0.1) is 0 Å². The molecule has 0 atom stereocenters. The summed E-state index contributed by atoms with van der Waals surface area (Å²) in [6, 6.07) is 44.9. The van der Waals surface area contributed by atoms with Gasteiger partial charge >= 0.3 is 0 Å². The average molecular weight is 793 g/mol. The molecule has 1 aliphatic carbocycles. The highest BCUT2D eigenvalue weighted by atomic mass is 16.5. The van der Waals surface area contributed by atoms with Gasteiger partial charge in [-0.25, -0.2) is 0 Å². The number of hydrogen-bond donors (Lipinski definition) is 0. The van der Waals surface area contributed by atoms with E-state index in [0.717, 1.165) is 70.9 Å². The van der Waals surface area contributed by atoms with Crippen molar-refractivity contribution in [3.05, 3.63) is 166 Å². The van der Waals surface area contributed by atoms with Crippen molar-refractivity contribution in [3.8, 4) is 23.0 Å². The van der Waals surface area contributed by atoms with Gasteiger partial charge in [-0.05, 0) is 114 Å². The van der Waals surface area contributed by atoms with E-state index in [1.54, 1.807) is 0 Å². The van der Waals surface area contributed by atoms with Crippen LogP contribution in [0.15, 0.2) is 121 Å². The van der Waals surface area contributed by atoms with Gasteiger partial charge in [0, 0.05) is 36.8 Å². The highest BCUT2D eigenvalue weighted by molar-refractivity contribution is 6.11. The molecule has 0 radical (unpaired) electrons. The molecule has 0 saturated heterocycles. The fourth-order valence-corrected chi connectivity index (χ4v) is 9.38. The van der Waals surface area contributed by atoms with Crippen molar-refractivity contribution in [3.63, 3.8) is 0 Å². The van der Waals surface area contributed by atoms with E-state index >= 15 is 0 Å². The molecule has 8 aromatic rings. The van der Waals surface area contributed by atoms with Crippen LogP contribution in [0.1, 0.15) is 97.9 Å². The molecule has 0 N–H and O–H groups in total. The molecule has 4 heteroatoms. The zero-order valence-corrected chi connectivity index (χ0v) is 35.7. The SMILES string of the molecule is CCCOc1c2cccc1Cc1c(OCCC)c(cc3ccc4ccccc4c13)Cc1cccc(c1OCCC)Cc1c(OCCC)c(cc3ccc4ccccc4c13)C2. The topological polar surface area (TPSA) is 36.9 Å². The zero-order valence-electron chi connectivity index (χ0n) is 35.7. The molecule has 0 fully saturated rings. The molecule has 1 aliphatic rings. The predicted molar refractivity (Wildman–Crippen MR) is 250 cm³/mol. The molecule has 0 aromatic heterocycles. The van der Waals surface area contributed by atoms with Crippen LogP contribution in [0.4, 0.5) is 0 Å². The van der Waals surface area contributed by atoms with Crippen molar-refractivity contribution in [2.45, 2.75) is 79.1 Å². The monoisotopic (exact) mass is 792 g/mol. The van der Waals surface area contributed by atoms with E-state index in [0.29, 0.717) is 52.1 Å². The number of fused-ring (bicyclic) bond motifs is 16. The van der Waals surface area contributed by atoms with E-state index in [1.165, 1.54) is 65.3 Å². The standard InChI is InChI=1S/C56H56O4/c1-5-27-57-53-41-17-13-19-43(53)35-49-51-40(26-24-37-15-9-11-21-47(37)51)32-46(56(49)60-30-8-4)34-42-18-14-20-44(54(42)58-28-6-2)36-50-52-39(25-23-38-16-10-12-22-48(38)52)31-45(33-41)55(50)59-29-7-3/h9-26,31-32H,5-8,27-30,33-36H2,1-4H3. The lowest BCUT2D eigenvalue weighted by molar-refractivity contribution is 0.305. The first kappa shape index (κ1) is 39.5.